The Morgan fingerprint density at radius 1 is 1.19 bits per heavy atom. The third-order valence-electron chi connectivity index (χ3n) is 6.01. The summed E-state index contributed by atoms with van der Waals surface area (Å²) in [7, 11) is 0. The zero-order valence-electron chi connectivity index (χ0n) is 18.9. The first-order chi connectivity index (χ1) is 14.7. The molecule has 0 aromatic carbocycles. The number of nitrogens with one attached hydrogen (secondary N) is 1. The van der Waals surface area contributed by atoms with Crippen molar-refractivity contribution in [3.05, 3.63) is 38.6 Å². The number of likely N-dealkylation sites (tertiary alicyclic amines) is 1. The van der Waals surface area contributed by atoms with Crippen LogP contribution in [0.3, 0.4) is 0 Å². The Bertz CT molecular complexity index is 1040. The molecule has 1 saturated heterocycles. The summed E-state index contributed by atoms with van der Waals surface area (Å²) in [6.07, 6.45) is 2.43. The Hall–Kier alpha value is -2.97. The van der Waals surface area contributed by atoms with Crippen molar-refractivity contribution in [1.82, 2.24) is 24.6 Å². The second-order valence-corrected chi connectivity index (χ2v) is 8.09. The number of nitrogens with zero attached hydrogens (tertiary/aromatic N) is 4. The van der Waals surface area contributed by atoms with E-state index in [2.05, 4.69) is 15.1 Å². The Labute approximate surface area is 181 Å². The first-order valence-corrected chi connectivity index (χ1v) is 10.8. The van der Waals surface area contributed by atoms with Gasteiger partial charge in [0.05, 0.1) is 18.2 Å². The Balaban J connectivity index is 1.70. The van der Waals surface area contributed by atoms with Gasteiger partial charge in [-0.1, -0.05) is 0 Å². The van der Waals surface area contributed by atoms with Crippen molar-refractivity contribution in [2.24, 2.45) is 5.92 Å². The van der Waals surface area contributed by atoms with E-state index >= 15 is 0 Å². The van der Waals surface area contributed by atoms with Crippen molar-refractivity contribution >= 4 is 11.9 Å². The van der Waals surface area contributed by atoms with Crippen molar-refractivity contribution in [3.8, 4) is 5.95 Å². The zero-order valence-corrected chi connectivity index (χ0v) is 18.9. The first-order valence-electron chi connectivity index (χ1n) is 10.8. The molecule has 9 heteroatoms. The minimum absolute atomic E-state index is 0.0262. The predicted octanol–water partition coefficient (Wildman–Crippen LogP) is 1.92. The van der Waals surface area contributed by atoms with Crippen molar-refractivity contribution in [2.45, 2.75) is 60.3 Å². The smallest absolute Gasteiger partial charge is 0.310 e. The summed E-state index contributed by atoms with van der Waals surface area (Å²) in [6.45, 7) is 10.6. The summed E-state index contributed by atoms with van der Waals surface area (Å²) in [5.74, 6) is -0.0581. The molecule has 168 valence electrons. The topological polar surface area (TPSA) is 110 Å². The fraction of sp³-hybridized carbons (Fsp3) is 0.591. The van der Waals surface area contributed by atoms with E-state index in [1.807, 2.05) is 13.8 Å². The second-order valence-electron chi connectivity index (χ2n) is 8.09. The molecule has 2 aromatic rings. The van der Waals surface area contributed by atoms with Gasteiger partial charge in [0.15, 0.2) is 0 Å². The number of aromatic amines is 1. The van der Waals surface area contributed by atoms with Gasteiger partial charge in [-0.15, -0.1) is 0 Å². The maximum atomic E-state index is 12.8. The number of aryl methyl sites for hydroxylation is 2. The van der Waals surface area contributed by atoms with Crippen molar-refractivity contribution in [1.29, 1.82) is 0 Å². The second kappa shape index (κ2) is 9.45. The molecule has 3 rings (SSSR count). The van der Waals surface area contributed by atoms with Crippen LogP contribution in [0.15, 0.2) is 4.79 Å². The molecular formula is C22H31N5O4. The van der Waals surface area contributed by atoms with Gasteiger partial charge in [0.25, 0.3) is 5.56 Å². The maximum absolute atomic E-state index is 12.8. The van der Waals surface area contributed by atoms with Gasteiger partial charge < -0.3 is 9.64 Å². The van der Waals surface area contributed by atoms with E-state index in [-0.39, 0.29) is 23.4 Å². The Morgan fingerprint density at radius 3 is 2.61 bits per heavy atom. The van der Waals surface area contributed by atoms with E-state index in [0.29, 0.717) is 49.7 Å². The highest BCUT2D eigenvalue weighted by Gasteiger charge is 2.29. The molecule has 1 aliphatic heterocycles. The highest BCUT2D eigenvalue weighted by Crippen LogP contribution is 2.21. The molecule has 0 bridgehead atoms. The van der Waals surface area contributed by atoms with Crippen LogP contribution in [0.25, 0.3) is 5.95 Å². The number of amides is 1. The van der Waals surface area contributed by atoms with Gasteiger partial charge >= 0.3 is 5.97 Å². The molecule has 1 amide bonds. The largest absolute Gasteiger partial charge is 0.466 e. The van der Waals surface area contributed by atoms with Crippen molar-refractivity contribution in [2.75, 3.05) is 19.7 Å². The number of esters is 1. The predicted molar refractivity (Wildman–Crippen MR) is 115 cm³/mol. The number of ether oxygens (including phenoxy) is 1. The van der Waals surface area contributed by atoms with Crippen LogP contribution >= 0.6 is 0 Å². The number of carbonyl (C=O) groups excluding carboxylic acids is 2. The van der Waals surface area contributed by atoms with Gasteiger partial charge in [-0.3, -0.25) is 19.4 Å². The fourth-order valence-corrected chi connectivity index (χ4v) is 4.02. The molecule has 0 spiro atoms. The Morgan fingerprint density at radius 2 is 1.94 bits per heavy atom. The summed E-state index contributed by atoms with van der Waals surface area (Å²) in [4.78, 5) is 46.0. The monoisotopic (exact) mass is 429 g/mol. The zero-order chi connectivity index (χ0) is 22.7. The van der Waals surface area contributed by atoms with Gasteiger partial charge in [0.2, 0.25) is 11.9 Å². The normalized spacial score (nSPS) is 16.4. The van der Waals surface area contributed by atoms with Crippen LogP contribution < -0.4 is 5.56 Å². The van der Waals surface area contributed by atoms with E-state index in [1.54, 1.807) is 30.4 Å². The molecule has 0 saturated carbocycles. The minimum Gasteiger partial charge on any atom is -0.466 e. The number of aromatic nitrogens is 4. The number of H-pyrrole nitrogens is 1. The van der Waals surface area contributed by atoms with E-state index < -0.39 is 0 Å². The third-order valence-corrected chi connectivity index (χ3v) is 6.01. The van der Waals surface area contributed by atoms with Crippen LogP contribution in [0.4, 0.5) is 0 Å². The Kier molecular flexibility index (Phi) is 6.92. The molecule has 1 fully saturated rings. The average molecular weight is 430 g/mol. The van der Waals surface area contributed by atoms with E-state index in [0.717, 1.165) is 29.8 Å². The van der Waals surface area contributed by atoms with Crippen LogP contribution in [0, 0.1) is 33.6 Å². The van der Waals surface area contributed by atoms with Gasteiger partial charge in [-0.2, -0.15) is 5.10 Å². The number of hydrogen-bond donors (Lipinski definition) is 1. The van der Waals surface area contributed by atoms with Crippen LogP contribution in [0.5, 0.6) is 0 Å². The molecule has 2 aromatic heterocycles. The van der Waals surface area contributed by atoms with Crippen molar-refractivity contribution < 1.29 is 14.3 Å². The van der Waals surface area contributed by atoms with Crippen LogP contribution in [0.1, 0.15) is 54.4 Å². The molecule has 1 N–H and O–H groups in total. The lowest BCUT2D eigenvalue weighted by molar-refractivity contribution is -0.151. The van der Waals surface area contributed by atoms with E-state index in [4.69, 9.17) is 4.74 Å². The number of hydrogen-bond acceptors (Lipinski definition) is 6. The number of rotatable bonds is 6. The molecule has 0 aliphatic carbocycles. The lowest BCUT2D eigenvalue weighted by Crippen LogP contribution is -2.42. The van der Waals surface area contributed by atoms with Crippen LogP contribution in [0.2, 0.25) is 0 Å². The number of piperidine rings is 1. The quantitative estimate of drug-likeness (QED) is 0.703. The maximum Gasteiger partial charge on any atom is 0.310 e. The van der Waals surface area contributed by atoms with E-state index in [1.165, 1.54) is 0 Å². The highest BCUT2D eigenvalue weighted by molar-refractivity contribution is 5.78. The highest BCUT2D eigenvalue weighted by atomic mass is 16.5. The minimum atomic E-state index is -0.239. The molecule has 31 heavy (non-hydrogen) atoms. The number of carbonyl (C=O) groups is 2. The molecule has 0 radical (unpaired) electrons. The lowest BCUT2D eigenvalue weighted by atomic mass is 9.97. The summed E-state index contributed by atoms with van der Waals surface area (Å²) in [5.41, 5.74) is 3.67. The summed E-state index contributed by atoms with van der Waals surface area (Å²) >= 11 is 0. The molecule has 0 unspecified atom stereocenters. The molecule has 9 nitrogen and oxygen atoms in total. The third kappa shape index (κ3) is 4.86. The van der Waals surface area contributed by atoms with Gasteiger partial charge in [-0.05, 0) is 59.4 Å². The lowest BCUT2D eigenvalue weighted by Gasteiger charge is -2.31. The van der Waals surface area contributed by atoms with E-state index in [9.17, 15) is 14.4 Å². The van der Waals surface area contributed by atoms with Crippen LogP contribution in [-0.4, -0.2) is 56.2 Å². The van der Waals surface area contributed by atoms with Crippen molar-refractivity contribution in [3.63, 3.8) is 0 Å². The summed E-state index contributed by atoms with van der Waals surface area (Å²) < 4.78 is 6.75. The standard InChI is InChI=1S/C22H31N5O4/c1-6-31-21(30)17-8-7-11-26(12-17)19(28)10-9-18-15(4)25-27(16(18)5)22-23-14(3)13(2)20(29)24-22/h17H,6-12H2,1-5H3,(H,23,24,29)/t17-/m0/s1. The first kappa shape index (κ1) is 22.7. The SMILES string of the molecule is CCOC(=O)[C@H]1CCCN(C(=O)CCc2c(C)nn(-c3nc(C)c(C)c(=O)[nH]3)c2C)C1. The molecule has 3 heterocycles. The average Bonchev–Trinajstić information content (AvgIpc) is 3.03. The summed E-state index contributed by atoms with van der Waals surface area (Å²) in [6, 6.07) is 0. The fourth-order valence-electron chi connectivity index (χ4n) is 4.02. The molecular weight excluding hydrogens is 398 g/mol. The van der Waals surface area contributed by atoms with Gasteiger partial charge in [-0.25, -0.2) is 9.67 Å². The van der Waals surface area contributed by atoms with Gasteiger partial charge in [0.1, 0.15) is 0 Å². The van der Waals surface area contributed by atoms with Gasteiger partial charge in [0, 0.05) is 36.5 Å². The summed E-state index contributed by atoms with van der Waals surface area (Å²) in [5, 5.41) is 4.54. The molecule has 1 aliphatic rings. The molecule has 1 atom stereocenters. The van der Waals surface area contributed by atoms with Crippen LogP contribution in [-0.2, 0) is 20.7 Å².